The second kappa shape index (κ2) is 9.69. The van der Waals surface area contributed by atoms with Crippen molar-refractivity contribution in [1.82, 2.24) is 21.0 Å². The molecule has 0 spiro atoms. The molecule has 0 fully saturated rings. The maximum atomic E-state index is 12.9. The van der Waals surface area contributed by atoms with Crippen molar-refractivity contribution in [2.45, 2.75) is 18.3 Å². The molecule has 1 aromatic heterocycles. The minimum absolute atomic E-state index is 0.0378. The highest BCUT2D eigenvalue weighted by Crippen LogP contribution is 2.24. The van der Waals surface area contributed by atoms with Crippen molar-refractivity contribution in [2.24, 2.45) is 0 Å². The average Bonchev–Trinajstić information content (AvgIpc) is 3.22. The van der Waals surface area contributed by atoms with E-state index < -0.39 is 17.9 Å². The molecule has 0 saturated carbocycles. The molecule has 2 amide bonds. The molecule has 2 N–H and O–H groups in total. The summed E-state index contributed by atoms with van der Waals surface area (Å²) in [5.74, 6) is -0.580. The van der Waals surface area contributed by atoms with E-state index in [0.29, 0.717) is 11.3 Å². The number of ether oxygens (including phenoxy) is 1. The predicted molar refractivity (Wildman–Crippen MR) is 103 cm³/mol. The molecule has 1 heterocycles. The smallest absolute Gasteiger partial charge is 0.277 e. The van der Waals surface area contributed by atoms with Crippen molar-refractivity contribution < 1.29 is 23.1 Å². The summed E-state index contributed by atoms with van der Waals surface area (Å²) in [5, 5.41) is 7.91. The maximum absolute atomic E-state index is 12.9. The quantitative estimate of drug-likeness (QED) is 0.451. The maximum Gasteiger partial charge on any atom is 0.277 e. The molecule has 10 heteroatoms. The highest BCUT2D eigenvalue weighted by atomic mass is 32.2. The van der Waals surface area contributed by atoms with E-state index in [9.17, 15) is 14.0 Å². The number of hydrogen-bond donors (Lipinski definition) is 2. The molecular weight excluding hydrogens is 399 g/mol. The number of hydrazine groups is 1. The van der Waals surface area contributed by atoms with Crippen LogP contribution in [0.1, 0.15) is 29.3 Å². The molecule has 2 aromatic carbocycles. The Labute approximate surface area is 169 Å². The van der Waals surface area contributed by atoms with Crippen molar-refractivity contribution in [3.8, 4) is 5.75 Å². The molecular formula is C19H17FN4O4S. The van der Waals surface area contributed by atoms with Gasteiger partial charge in [0.1, 0.15) is 11.6 Å². The zero-order chi connectivity index (χ0) is 20.6. The van der Waals surface area contributed by atoms with E-state index in [2.05, 4.69) is 21.0 Å². The van der Waals surface area contributed by atoms with Crippen molar-refractivity contribution >= 4 is 23.6 Å². The summed E-state index contributed by atoms with van der Waals surface area (Å²) >= 11 is 1.01. The number of thioether (sulfide) groups is 1. The molecule has 1 atom stereocenters. The number of nitrogens with one attached hydrogen (secondary N) is 2. The molecule has 0 unspecified atom stereocenters. The van der Waals surface area contributed by atoms with Crippen LogP contribution in [0, 0.1) is 5.82 Å². The number of hydrogen-bond acceptors (Lipinski definition) is 7. The van der Waals surface area contributed by atoms with E-state index in [-0.39, 0.29) is 22.7 Å². The van der Waals surface area contributed by atoms with E-state index in [1.165, 1.54) is 24.3 Å². The van der Waals surface area contributed by atoms with E-state index in [4.69, 9.17) is 9.15 Å². The first-order valence-corrected chi connectivity index (χ1v) is 9.52. The molecule has 0 aliphatic carbocycles. The Balaban J connectivity index is 1.44. The van der Waals surface area contributed by atoms with Crippen LogP contribution in [0.25, 0.3) is 0 Å². The molecule has 0 radical (unpaired) electrons. The summed E-state index contributed by atoms with van der Waals surface area (Å²) in [4.78, 5) is 23.7. The predicted octanol–water partition coefficient (Wildman–Crippen LogP) is 2.90. The number of amides is 2. The summed E-state index contributed by atoms with van der Waals surface area (Å²) in [6.45, 7) is 1.71. The Bertz CT molecular complexity index is 966. The van der Waals surface area contributed by atoms with Gasteiger partial charge in [-0.25, -0.2) is 4.39 Å². The lowest BCUT2D eigenvalue weighted by Gasteiger charge is -2.10. The van der Waals surface area contributed by atoms with Crippen LogP contribution in [-0.2, 0) is 4.79 Å². The molecule has 8 nitrogen and oxygen atoms in total. The van der Waals surface area contributed by atoms with Crippen molar-refractivity contribution in [3.63, 3.8) is 0 Å². The molecule has 0 aliphatic rings. The summed E-state index contributed by atoms with van der Waals surface area (Å²) in [6.07, 6.45) is -0.554. The third-order valence-electron chi connectivity index (χ3n) is 3.57. The Morgan fingerprint density at radius 2 is 1.83 bits per heavy atom. The lowest BCUT2D eigenvalue weighted by molar-refractivity contribution is -0.119. The van der Waals surface area contributed by atoms with Gasteiger partial charge in [-0.1, -0.05) is 30.0 Å². The van der Waals surface area contributed by atoms with Crippen LogP contribution < -0.4 is 15.6 Å². The minimum atomic E-state index is -0.554. The number of benzene rings is 2. The van der Waals surface area contributed by atoms with Crippen LogP contribution in [0.15, 0.2) is 64.2 Å². The third-order valence-corrected chi connectivity index (χ3v) is 4.39. The van der Waals surface area contributed by atoms with Crippen LogP contribution in [0.4, 0.5) is 4.39 Å². The van der Waals surface area contributed by atoms with Gasteiger partial charge in [0, 0.05) is 5.56 Å². The van der Waals surface area contributed by atoms with Gasteiger partial charge in [-0.2, -0.15) is 0 Å². The summed E-state index contributed by atoms with van der Waals surface area (Å²) in [7, 11) is 0. The van der Waals surface area contributed by atoms with Gasteiger partial charge in [-0.15, -0.1) is 10.2 Å². The monoisotopic (exact) mass is 416 g/mol. The molecule has 0 bridgehead atoms. The molecule has 150 valence electrons. The standard InChI is InChI=1S/C19H17FN4O4S/c1-12(27-15-9-7-14(20)8-10-15)18-23-24-19(28-18)29-11-16(25)21-22-17(26)13-5-3-2-4-6-13/h2-10,12H,11H2,1H3,(H,21,25)(H,22,26)/t12-/m1/s1. The molecule has 0 saturated heterocycles. The fourth-order valence-electron chi connectivity index (χ4n) is 2.16. The first-order valence-electron chi connectivity index (χ1n) is 8.54. The van der Waals surface area contributed by atoms with Crippen LogP contribution in [0.5, 0.6) is 5.75 Å². The number of rotatable bonds is 7. The Morgan fingerprint density at radius 3 is 2.55 bits per heavy atom. The van der Waals surface area contributed by atoms with E-state index >= 15 is 0 Å². The van der Waals surface area contributed by atoms with Crippen LogP contribution >= 0.6 is 11.8 Å². The number of nitrogens with zero attached hydrogens (tertiary/aromatic N) is 2. The molecule has 3 rings (SSSR count). The van der Waals surface area contributed by atoms with Crippen molar-refractivity contribution in [2.75, 3.05) is 5.75 Å². The van der Waals surface area contributed by atoms with Crippen LogP contribution in [0.3, 0.4) is 0 Å². The third kappa shape index (κ3) is 6.04. The SMILES string of the molecule is C[C@@H](Oc1ccc(F)cc1)c1nnc(SCC(=O)NNC(=O)c2ccccc2)o1. The van der Waals surface area contributed by atoms with Crippen molar-refractivity contribution in [3.05, 3.63) is 71.9 Å². The lowest BCUT2D eigenvalue weighted by Crippen LogP contribution is -2.42. The molecule has 0 aliphatic heterocycles. The van der Waals surface area contributed by atoms with Crippen LogP contribution in [0.2, 0.25) is 0 Å². The van der Waals surface area contributed by atoms with E-state index in [1.54, 1.807) is 37.3 Å². The van der Waals surface area contributed by atoms with Gasteiger partial charge >= 0.3 is 0 Å². The van der Waals surface area contributed by atoms with Gasteiger partial charge in [0.15, 0.2) is 6.10 Å². The first kappa shape index (κ1) is 20.3. The zero-order valence-corrected chi connectivity index (χ0v) is 16.1. The van der Waals surface area contributed by atoms with Gasteiger partial charge < -0.3 is 9.15 Å². The van der Waals surface area contributed by atoms with E-state index in [1.807, 2.05) is 0 Å². The van der Waals surface area contributed by atoms with Gasteiger partial charge in [0.2, 0.25) is 5.91 Å². The number of aromatic nitrogens is 2. The highest BCUT2D eigenvalue weighted by Gasteiger charge is 2.17. The summed E-state index contributed by atoms with van der Waals surface area (Å²) in [6, 6.07) is 14.0. The Hall–Kier alpha value is -3.40. The van der Waals surface area contributed by atoms with E-state index in [0.717, 1.165) is 11.8 Å². The number of halogens is 1. The Kier molecular flexibility index (Phi) is 6.80. The normalized spacial score (nSPS) is 11.5. The fourth-order valence-corrected chi connectivity index (χ4v) is 2.73. The number of carbonyl (C=O) groups is 2. The first-order chi connectivity index (χ1) is 14.0. The topological polar surface area (TPSA) is 106 Å². The summed E-state index contributed by atoms with van der Waals surface area (Å²) in [5.41, 5.74) is 5.07. The average molecular weight is 416 g/mol. The minimum Gasteiger partial charge on any atom is -0.481 e. The van der Waals surface area contributed by atoms with Gasteiger partial charge in [-0.05, 0) is 43.3 Å². The largest absolute Gasteiger partial charge is 0.481 e. The highest BCUT2D eigenvalue weighted by molar-refractivity contribution is 7.99. The fraction of sp³-hybridized carbons (Fsp3) is 0.158. The van der Waals surface area contributed by atoms with Crippen LogP contribution in [-0.4, -0.2) is 27.8 Å². The molecule has 3 aromatic rings. The Morgan fingerprint density at radius 1 is 1.10 bits per heavy atom. The van der Waals surface area contributed by atoms with Crippen molar-refractivity contribution in [1.29, 1.82) is 0 Å². The lowest BCUT2D eigenvalue weighted by atomic mass is 10.2. The van der Waals surface area contributed by atoms with Gasteiger partial charge in [0.05, 0.1) is 5.75 Å². The van der Waals surface area contributed by atoms with Gasteiger partial charge in [0.25, 0.3) is 17.0 Å². The molecule has 29 heavy (non-hydrogen) atoms. The second-order valence-electron chi connectivity index (χ2n) is 5.78. The zero-order valence-electron chi connectivity index (χ0n) is 15.3. The summed E-state index contributed by atoms with van der Waals surface area (Å²) < 4.78 is 24.0. The van der Waals surface area contributed by atoms with Gasteiger partial charge in [-0.3, -0.25) is 20.4 Å². The second-order valence-corrected chi connectivity index (χ2v) is 6.70. The number of carbonyl (C=O) groups excluding carboxylic acids is 2.